The van der Waals surface area contributed by atoms with Gasteiger partial charge in [-0.2, -0.15) is 0 Å². The molecule has 0 saturated carbocycles. The highest BCUT2D eigenvalue weighted by atomic mass is 31.2. The van der Waals surface area contributed by atoms with E-state index in [1.807, 2.05) is 21.1 Å². The quantitative estimate of drug-likeness (QED) is 0.0198. The van der Waals surface area contributed by atoms with Gasteiger partial charge in [0.25, 0.3) is 7.82 Å². The number of likely N-dealkylation sites (N-methyl/N-ethyl adjacent to an activating group) is 1. The third kappa shape index (κ3) is 48.7. The van der Waals surface area contributed by atoms with Crippen LogP contribution in [0.5, 0.6) is 0 Å². The largest absolute Gasteiger partial charge is 0.756 e. The molecular formula is C53H94NO7P. The molecule has 0 heterocycles. The highest BCUT2D eigenvalue weighted by molar-refractivity contribution is 7.45. The lowest BCUT2D eigenvalue weighted by molar-refractivity contribution is -0.870. The van der Waals surface area contributed by atoms with Crippen LogP contribution < -0.4 is 4.89 Å². The first-order valence-corrected chi connectivity index (χ1v) is 26.3. The maximum atomic E-state index is 12.7. The van der Waals surface area contributed by atoms with E-state index in [1.54, 1.807) is 0 Å². The van der Waals surface area contributed by atoms with Gasteiger partial charge in [-0.05, 0) is 89.9 Å². The molecule has 0 aliphatic carbocycles. The third-order valence-corrected chi connectivity index (χ3v) is 11.1. The van der Waals surface area contributed by atoms with Gasteiger partial charge in [0.05, 0.1) is 34.4 Å². The zero-order valence-corrected chi connectivity index (χ0v) is 41.4. The van der Waals surface area contributed by atoms with Crippen LogP contribution in [0, 0.1) is 0 Å². The summed E-state index contributed by atoms with van der Waals surface area (Å²) >= 11 is 0. The number of phosphoric acid groups is 1. The fourth-order valence-corrected chi connectivity index (χ4v) is 7.10. The average Bonchev–Trinajstić information content (AvgIpc) is 3.23. The fraction of sp³-hybridized carbons (Fsp3) is 0.717. The molecule has 0 aromatic heterocycles. The van der Waals surface area contributed by atoms with Crippen LogP contribution in [0.3, 0.4) is 0 Å². The Balaban J connectivity index is 4.22. The monoisotopic (exact) mass is 888 g/mol. The van der Waals surface area contributed by atoms with E-state index in [-0.39, 0.29) is 25.8 Å². The SMILES string of the molecule is CC/C=C\C/C=C\C/C=C\C/C=C\C/C=C\C/C=C\CCCCCCCCC(=O)OC(COCCCCCCCC/C=C\CCCCCCC)COP(=O)([O-])OCC[N+](C)(C)C. The molecule has 0 aromatic rings. The van der Waals surface area contributed by atoms with Crippen LogP contribution in [0.15, 0.2) is 85.1 Å². The van der Waals surface area contributed by atoms with Gasteiger partial charge in [-0.3, -0.25) is 9.36 Å². The van der Waals surface area contributed by atoms with E-state index in [2.05, 4.69) is 98.9 Å². The van der Waals surface area contributed by atoms with Crippen LogP contribution in [-0.4, -0.2) is 70.7 Å². The third-order valence-electron chi connectivity index (χ3n) is 10.2. The first-order valence-electron chi connectivity index (χ1n) is 24.8. The first-order chi connectivity index (χ1) is 30.1. The zero-order valence-electron chi connectivity index (χ0n) is 40.5. The van der Waals surface area contributed by atoms with Crippen LogP contribution in [0.4, 0.5) is 0 Å². The summed E-state index contributed by atoms with van der Waals surface area (Å²) < 4.78 is 34.7. The molecule has 358 valence electrons. The topological polar surface area (TPSA) is 94.1 Å². The van der Waals surface area contributed by atoms with Gasteiger partial charge < -0.3 is 27.9 Å². The molecule has 2 unspecified atom stereocenters. The van der Waals surface area contributed by atoms with Crippen LogP contribution in [0.1, 0.15) is 187 Å². The molecule has 0 saturated heterocycles. The van der Waals surface area contributed by atoms with Gasteiger partial charge in [0.1, 0.15) is 19.3 Å². The molecule has 0 aliphatic rings. The zero-order chi connectivity index (χ0) is 45.5. The normalized spacial score (nSPS) is 14.4. The van der Waals surface area contributed by atoms with Gasteiger partial charge in [-0.25, -0.2) is 0 Å². The standard InChI is InChI=1S/C53H94NO7P/c1-6-8-10-12-14-16-18-20-22-23-24-25-26-27-28-29-30-31-32-34-36-38-40-42-44-46-53(55)61-52(51-60-62(56,57)59-49-47-54(3,4)5)50-58-48-45-43-41-39-37-35-33-21-19-17-15-13-11-9-7-2/h8,10,14,16,19-22,24-25,27-28,30-31,52H,6-7,9,11-13,15,17-18,23,26,29,32-51H2,1-5H3/b10-8-,16-14-,21-19-,22-20-,25-24-,28-27-,31-30-. The molecule has 62 heavy (non-hydrogen) atoms. The van der Waals surface area contributed by atoms with Gasteiger partial charge in [0.2, 0.25) is 0 Å². The van der Waals surface area contributed by atoms with Crippen molar-refractivity contribution < 1.29 is 37.3 Å². The smallest absolute Gasteiger partial charge is 0.306 e. The molecule has 0 rings (SSSR count). The summed E-state index contributed by atoms with van der Waals surface area (Å²) in [5.41, 5.74) is 0. The number of carbonyl (C=O) groups is 1. The number of allylic oxidation sites excluding steroid dienone is 14. The summed E-state index contributed by atoms with van der Waals surface area (Å²) in [6.07, 6.45) is 60.3. The van der Waals surface area contributed by atoms with Crippen molar-refractivity contribution >= 4 is 13.8 Å². The Morgan fingerprint density at radius 1 is 0.516 bits per heavy atom. The second kappa shape index (κ2) is 45.3. The molecule has 0 aliphatic heterocycles. The van der Waals surface area contributed by atoms with Crippen molar-refractivity contribution in [2.45, 2.75) is 193 Å². The Morgan fingerprint density at radius 3 is 1.42 bits per heavy atom. The summed E-state index contributed by atoms with van der Waals surface area (Å²) in [6.45, 7) is 5.24. The molecule has 9 heteroatoms. The first kappa shape index (κ1) is 59.7. The van der Waals surface area contributed by atoms with Crippen LogP contribution in [0.25, 0.3) is 0 Å². The summed E-state index contributed by atoms with van der Waals surface area (Å²) in [6, 6.07) is 0. The maximum Gasteiger partial charge on any atom is 0.306 e. The van der Waals surface area contributed by atoms with Crippen LogP contribution >= 0.6 is 7.82 Å². The highest BCUT2D eigenvalue weighted by Gasteiger charge is 2.20. The Labute approximate surface area is 382 Å². The molecule has 0 radical (unpaired) electrons. The second-order valence-electron chi connectivity index (χ2n) is 17.4. The van der Waals surface area contributed by atoms with E-state index < -0.39 is 13.9 Å². The molecule has 0 spiro atoms. The lowest BCUT2D eigenvalue weighted by Gasteiger charge is -2.28. The number of rotatable bonds is 45. The summed E-state index contributed by atoms with van der Waals surface area (Å²) in [7, 11) is 1.33. The lowest BCUT2D eigenvalue weighted by Crippen LogP contribution is -2.37. The van der Waals surface area contributed by atoms with E-state index >= 15 is 0 Å². The van der Waals surface area contributed by atoms with Crippen molar-refractivity contribution in [3.63, 3.8) is 0 Å². The van der Waals surface area contributed by atoms with Crippen molar-refractivity contribution in [1.82, 2.24) is 0 Å². The minimum atomic E-state index is -4.54. The van der Waals surface area contributed by atoms with Gasteiger partial charge in [0.15, 0.2) is 0 Å². The van der Waals surface area contributed by atoms with Gasteiger partial charge >= 0.3 is 5.97 Å². The molecule has 2 atom stereocenters. The van der Waals surface area contributed by atoms with E-state index in [0.717, 1.165) is 83.5 Å². The summed E-state index contributed by atoms with van der Waals surface area (Å²) in [4.78, 5) is 25.1. The number of carbonyl (C=O) groups excluding carboxylic acids is 1. The lowest BCUT2D eigenvalue weighted by atomic mass is 10.1. The van der Waals surface area contributed by atoms with Crippen molar-refractivity contribution in [3.05, 3.63) is 85.1 Å². The Kier molecular flexibility index (Phi) is 43.6. The van der Waals surface area contributed by atoms with E-state index in [1.165, 1.54) is 83.5 Å². The average molecular weight is 888 g/mol. The Bertz CT molecular complexity index is 1260. The van der Waals surface area contributed by atoms with E-state index in [0.29, 0.717) is 24.1 Å². The number of phosphoric ester groups is 1. The molecule has 0 amide bonds. The predicted molar refractivity (Wildman–Crippen MR) is 263 cm³/mol. The molecular weight excluding hydrogens is 794 g/mol. The summed E-state index contributed by atoms with van der Waals surface area (Å²) in [5.74, 6) is -0.353. The van der Waals surface area contributed by atoms with Gasteiger partial charge in [-0.1, -0.05) is 176 Å². The summed E-state index contributed by atoms with van der Waals surface area (Å²) in [5, 5.41) is 0. The van der Waals surface area contributed by atoms with Crippen LogP contribution in [0.2, 0.25) is 0 Å². The van der Waals surface area contributed by atoms with Crippen molar-refractivity contribution in [3.8, 4) is 0 Å². The maximum absolute atomic E-state index is 12.7. The molecule has 0 N–H and O–H groups in total. The van der Waals surface area contributed by atoms with Crippen molar-refractivity contribution in [2.24, 2.45) is 0 Å². The Morgan fingerprint density at radius 2 is 0.935 bits per heavy atom. The van der Waals surface area contributed by atoms with E-state index in [9.17, 15) is 14.3 Å². The van der Waals surface area contributed by atoms with E-state index in [4.69, 9.17) is 18.5 Å². The minimum absolute atomic E-state index is 0.0175. The van der Waals surface area contributed by atoms with Crippen molar-refractivity contribution in [1.29, 1.82) is 0 Å². The second-order valence-corrected chi connectivity index (χ2v) is 18.8. The number of nitrogens with zero attached hydrogens (tertiary/aromatic N) is 1. The minimum Gasteiger partial charge on any atom is -0.756 e. The molecule has 8 nitrogen and oxygen atoms in total. The van der Waals surface area contributed by atoms with Gasteiger partial charge in [0, 0.05) is 13.0 Å². The number of unbranched alkanes of at least 4 members (excludes halogenated alkanes) is 17. The molecule has 0 aromatic carbocycles. The number of ether oxygens (including phenoxy) is 2. The predicted octanol–water partition coefficient (Wildman–Crippen LogP) is 14.6. The van der Waals surface area contributed by atoms with Gasteiger partial charge in [-0.15, -0.1) is 0 Å². The number of hydrogen-bond acceptors (Lipinski definition) is 7. The number of hydrogen-bond donors (Lipinski definition) is 0. The van der Waals surface area contributed by atoms with Crippen molar-refractivity contribution in [2.75, 3.05) is 54.1 Å². The number of quaternary nitrogens is 1. The number of esters is 1. The Hall–Kier alpha value is -2.32. The van der Waals surface area contributed by atoms with Crippen LogP contribution in [-0.2, 0) is 27.9 Å². The molecule has 0 fully saturated rings. The highest BCUT2D eigenvalue weighted by Crippen LogP contribution is 2.38. The fourth-order valence-electron chi connectivity index (χ4n) is 6.37. The molecule has 0 bridgehead atoms.